The van der Waals surface area contributed by atoms with Gasteiger partial charge in [-0.1, -0.05) is 6.92 Å². The van der Waals surface area contributed by atoms with Gasteiger partial charge in [-0.3, -0.25) is 0 Å². The molecule has 0 saturated carbocycles. The van der Waals surface area contributed by atoms with Gasteiger partial charge in [0, 0.05) is 29.9 Å². The molecule has 0 amide bonds. The molecule has 1 aromatic heterocycles. The minimum atomic E-state index is -3.41. The lowest BCUT2D eigenvalue weighted by Gasteiger charge is -2.37. The first kappa shape index (κ1) is 16.9. The molecule has 1 aliphatic rings. The Morgan fingerprint density at radius 1 is 1.48 bits per heavy atom. The van der Waals surface area contributed by atoms with E-state index in [9.17, 15) is 8.42 Å². The summed E-state index contributed by atoms with van der Waals surface area (Å²) in [4.78, 5) is 1.45. The van der Waals surface area contributed by atoms with Crippen LogP contribution in [0.1, 0.15) is 32.1 Å². The molecule has 5 nitrogen and oxygen atoms in total. The van der Waals surface area contributed by atoms with Crippen molar-refractivity contribution in [3.05, 3.63) is 16.3 Å². The summed E-state index contributed by atoms with van der Waals surface area (Å²) in [6.45, 7) is 8.88. The molecule has 7 heteroatoms. The zero-order valence-electron chi connectivity index (χ0n) is 12.9. The minimum Gasteiger partial charge on any atom is -0.373 e. The van der Waals surface area contributed by atoms with Crippen LogP contribution in [0.25, 0.3) is 0 Å². The Morgan fingerprint density at radius 3 is 2.90 bits per heavy atom. The van der Waals surface area contributed by atoms with Crippen molar-refractivity contribution in [2.45, 2.75) is 44.2 Å². The van der Waals surface area contributed by atoms with E-state index in [1.807, 2.05) is 13.8 Å². The molecule has 0 bridgehead atoms. The number of sulfonamides is 1. The lowest BCUT2D eigenvalue weighted by molar-refractivity contribution is -0.0640. The molecule has 1 fully saturated rings. The standard InChI is InChI=1S/C14H24N2O3S2/c1-4-5-15-9-12-8-13(10-20-12)21(17,18)16-6-7-19-14(2,3)11-16/h8,10,15H,4-7,9,11H2,1-3H3. The maximum Gasteiger partial charge on any atom is 0.244 e. The third-order valence-electron chi connectivity index (χ3n) is 3.38. The number of nitrogens with one attached hydrogen (secondary N) is 1. The van der Waals surface area contributed by atoms with Crippen molar-refractivity contribution >= 4 is 21.4 Å². The highest BCUT2D eigenvalue weighted by molar-refractivity contribution is 7.89. The summed E-state index contributed by atoms with van der Waals surface area (Å²) in [7, 11) is -3.41. The van der Waals surface area contributed by atoms with Crippen molar-refractivity contribution in [1.82, 2.24) is 9.62 Å². The van der Waals surface area contributed by atoms with Gasteiger partial charge in [-0.15, -0.1) is 11.3 Å². The molecule has 0 unspecified atom stereocenters. The van der Waals surface area contributed by atoms with Crippen LogP contribution in [0.5, 0.6) is 0 Å². The van der Waals surface area contributed by atoms with Gasteiger partial charge >= 0.3 is 0 Å². The van der Waals surface area contributed by atoms with Crippen LogP contribution < -0.4 is 5.32 Å². The third kappa shape index (κ3) is 4.26. The van der Waals surface area contributed by atoms with Crippen LogP contribution in [0.15, 0.2) is 16.3 Å². The average Bonchev–Trinajstić information content (AvgIpc) is 2.87. The highest BCUT2D eigenvalue weighted by Gasteiger charge is 2.35. The van der Waals surface area contributed by atoms with Crippen molar-refractivity contribution in [3.8, 4) is 0 Å². The summed E-state index contributed by atoms with van der Waals surface area (Å²) in [6, 6.07) is 1.78. The maximum atomic E-state index is 12.7. The molecule has 120 valence electrons. The molecule has 0 aromatic carbocycles. The van der Waals surface area contributed by atoms with Crippen molar-refractivity contribution in [1.29, 1.82) is 0 Å². The molecule has 1 N–H and O–H groups in total. The van der Waals surface area contributed by atoms with Crippen LogP contribution in [0.3, 0.4) is 0 Å². The SMILES string of the molecule is CCCNCc1cc(S(=O)(=O)N2CCOC(C)(C)C2)cs1. The summed E-state index contributed by atoms with van der Waals surface area (Å²) in [6.07, 6.45) is 1.07. The monoisotopic (exact) mass is 332 g/mol. The zero-order valence-corrected chi connectivity index (χ0v) is 14.5. The molecule has 2 heterocycles. The van der Waals surface area contributed by atoms with Gasteiger partial charge in [-0.2, -0.15) is 4.31 Å². The van der Waals surface area contributed by atoms with Crippen LogP contribution in [0.2, 0.25) is 0 Å². The Bertz CT molecular complexity index is 567. The molecule has 0 atom stereocenters. The first-order chi connectivity index (χ1) is 9.85. The fraction of sp³-hybridized carbons (Fsp3) is 0.714. The molecule has 2 rings (SSSR count). The van der Waals surface area contributed by atoms with Gasteiger partial charge in [0.25, 0.3) is 0 Å². The topological polar surface area (TPSA) is 58.6 Å². The van der Waals surface area contributed by atoms with Gasteiger partial charge in [-0.05, 0) is 32.9 Å². The predicted octanol–water partition coefficient (Wildman–Crippen LogP) is 2.05. The number of nitrogens with zero attached hydrogens (tertiary/aromatic N) is 1. The van der Waals surface area contributed by atoms with E-state index < -0.39 is 15.6 Å². The van der Waals surface area contributed by atoms with Crippen LogP contribution in [0, 0.1) is 0 Å². The summed E-state index contributed by atoms with van der Waals surface area (Å²) in [5, 5.41) is 5.03. The number of thiophene rings is 1. The fourth-order valence-corrected chi connectivity index (χ4v) is 5.11. The van der Waals surface area contributed by atoms with E-state index >= 15 is 0 Å². The second-order valence-electron chi connectivity index (χ2n) is 5.87. The molecule has 21 heavy (non-hydrogen) atoms. The van der Waals surface area contributed by atoms with Gasteiger partial charge in [-0.25, -0.2) is 8.42 Å². The highest BCUT2D eigenvalue weighted by atomic mass is 32.2. The second kappa shape index (κ2) is 6.75. The van der Waals surface area contributed by atoms with Gasteiger partial charge in [0.05, 0.1) is 17.1 Å². The van der Waals surface area contributed by atoms with E-state index in [0.29, 0.717) is 24.6 Å². The molecule has 1 aromatic rings. The third-order valence-corrected chi connectivity index (χ3v) is 6.29. The highest BCUT2D eigenvalue weighted by Crippen LogP contribution is 2.26. The van der Waals surface area contributed by atoms with E-state index in [-0.39, 0.29) is 0 Å². The lowest BCUT2D eigenvalue weighted by atomic mass is 10.1. The Labute approximate surface area is 131 Å². The molecule has 1 saturated heterocycles. The lowest BCUT2D eigenvalue weighted by Crippen LogP contribution is -2.50. The smallest absolute Gasteiger partial charge is 0.244 e. The normalized spacial score (nSPS) is 19.8. The quantitative estimate of drug-likeness (QED) is 0.810. The summed E-state index contributed by atoms with van der Waals surface area (Å²) in [5.74, 6) is 0. The van der Waals surface area contributed by atoms with E-state index in [4.69, 9.17) is 4.74 Å². The molecular weight excluding hydrogens is 308 g/mol. The van der Waals surface area contributed by atoms with Crippen LogP contribution in [-0.4, -0.2) is 44.6 Å². The van der Waals surface area contributed by atoms with Crippen molar-refractivity contribution in [2.75, 3.05) is 26.2 Å². The summed E-state index contributed by atoms with van der Waals surface area (Å²) in [5.41, 5.74) is -0.424. The number of hydrogen-bond donors (Lipinski definition) is 1. The van der Waals surface area contributed by atoms with Gasteiger partial charge in [0.2, 0.25) is 10.0 Å². The second-order valence-corrected chi connectivity index (χ2v) is 8.81. The Kier molecular flexibility index (Phi) is 5.43. The van der Waals surface area contributed by atoms with E-state index in [0.717, 1.165) is 24.4 Å². The van der Waals surface area contributed by atoms with Gasteiger partial charge < -0.3 is 10.1 Å². The first-order valence-electron chi connectivity index (χ1n) is 7.27. The van der Waals surface area contributed by atoms with E-state index in [1.54, 1.807) is 11.4 Å². The maximum absolute atomic E-state index is 12.7. The Hall–Kier alpha value is -0.470. The predicted molar refractivity (Wildman–Crippen MR) is 85.1 cm³/mol. The van der Waals surface area contributed by atoms with Crippen LogP contribution in [-0.2, 0) is 21.3 Å². The average molecular weight is 332 g/mol. The summed E-state index contributed by atoms with van der Waals surface area (Å²) >= 11 is 1.49. The largest absolute Gasteiger partial charge is 0.373 e. The fourth-order valence-electron chi connectivity index (χ4n) is 2.30. The van der Waals surface area contributed by atoms with Crippen LogP contribution >= 0.6 is 11.3 Å². The minimum absolute atomic E-state index is 0.397. The molecular formula is C14H24N2O3S2. The van der Waals surface area contributed by atoms with Crippen LogP contribution in [0.4, 0.5) is 0 Å². The van der Waals surface area contributed by atoms with E-state index in [2.05, 4.69) is 12.2 Å². The number of morpholine rings is 1. The van der Waals surface area contributed by atoms with Gasteiger partial charge in [0.1, 0.15) is 0 Å². The molecule has 0 spiro atoms. The van der Waals surface area contributed by atoms with Crippen molar-refractivity contribution < 1.29 is 13.2 Å². The van der Waals surface area contributed by atoms with Gasteiger partial charge in [0.15, 0.2) is 0 Å². The Balaban J connectivity index is 2.09. The molecule has 0 radical (unpaired) electrons. The Morgan fingerprint density at radius 2 is 2.24 bits per heavy atom. The number of rotatable bonds is 6. The first-order valence-corrected chi connectivity index (χ1v) is 9.59. The number of hydrogen-bond acceptors (Lipinski definition) is 5. The molecule has 1 aliphatic heterocycles. The number of ether oxygens (including phenoxy) is 1. The zero-order chi connectivity index (χ0) is 15.5. The van der Waals surface area contributed by atoms with E-state index in [1.165, 1.54) is 15.6 Å². The van der Waals surface area contributed by atoms with Crippen molar-refractivity contribution in [2.24, 2.45) is 0 Å². The summed E-state index contributed by atoms with van der Waals surface area (Å²) < 4.78 is 32.5. The molecule has 0 aliphatic carbocycles. The van der Waals surface area contributed by atoms with Crippen molar-refractivity contribution in [3.63, 3.8) is 0 Å².